The summed E-state index contributed by atoms with van der Waals surface area (Å²) in [5.41, 5.74) is 5.85. The molecule has 0 heterocycles. The number of rotatable bonds is 2. The number of methoxy groups -OCH3 is 1. The predicted molar refractivity (Wildman–Crippen MR) is 47.3 cm³/mol. The molecule has 3 N–H and O–H groups in total. The highest BCUT2D eigenvalue weighted by Crippen LogP contribution is 2.28. The van der Waals surface area contributed by atoms with Crippen LogP contribution in [0.4, 0.5) is 0 Å². The molecule has 0 amide bonds. The van der Waals surface area contributed by atoms with Gasteiger partial charge in [0.15, 0.2) is 0 Å². The highest BCUT2D eigenvalue weighted by Gasteiger charge is 2.41. The topological polar surface area (TPSA) is 89.6 Å². The minimum Gasteiger partial charge on any atom is -0.399 e. The number of hydrogen-bond donors (Lipinski definition) is 2. The Hall–Kier alpha value is -0.850. The quantitative estimate of drug-likeness (QED) is 0.620. The van der Waals surface area contributed by atoms with E-state index < -0.39 is 15.1 Å². The highest BCUT2D eigenvalue weighted by atomic mass is 32.2. The van der Waals surface area contributed by atoms with E-state index in [0.29, 0.717) is 5.70 Å². The van der Waals surface area contributed by atoms with Gasteiger partial charge in [-0.05, 0) is 12.2 Å². The second kappa shape index (κ2) is 3.13. The molecule has 1 rings (SSSR count). The molecule has 1 unspecified atom stereocenters. The standard InChI is InChI=1S/C7H11NO4S/c1-12-7(13(9,10)11)4-2-6(8)3-5-7/h2-4H,5,8H2,1H3,(H,9,10,11). The Bertz CT molecular complexity index is 357. The normalized spacial score (nSPS) is 28.6. The van der Waals surface area contributed by atoms with Gasteiger partial charge in [-0.25, -0.2) is 0 Å². The van der Waals surface area contributed by atoms with Crippen LogP contribution < -0.4 is 5.73 Å². The molecule has 1 aliphatic rings. The summed E-state index contributed by atoms with van der Waals surface area (Å²) in [6.07, 6.45) is 4.13. The van der Waals surface area contributed by atoms with E-state index in [9.17, 15) is 8.42 Å². The molecule has 0 saturated heterocycles. The van der Waals surface area contributed by atoms with Gasteiger partial charge in [-0.3, -0.25) is 4.55 Å². The second-order valence-electron chi connectivity index (χ2n) is 2.73. The van der Waals surface area contributed by atoms with E-state index >= 15 is 0 Å². The number of allylic oxidation sites excluding steroid dienone is 1. The first-order valence-electron chi connectivity index (χ1n) is 3.58. The number of ether oxygens (including phenoxy) is 1. The molecule has 0 saturated carbocycles. The molecule has 0 aromatic carbocycles. The SMILES string of the molecule is COC1(S(=O)(=O)O)C=CC(N)=CC1. The lowest BCUT2D eigenvalue weighted by Gasteiger charge is -2.26. The molecular formula is C7H11NO4S. The van der Waals surface area contributed by atoms with Crippen LogP contribution in [0.25, 0.3) is 0 Å². The van der Waals surface area contributed by atoms with Crippen LogP contribution in [-0.2, 0) is 14.9 Å². The van der Waals surface area contributed by atoms with E-state index in [2.05, 4.69) is 0 Å². The van der Waals surface area contributed by atoms with E-state index in [-0.39, 0.29) is 6.42 Å². The molecule has 0 radical (unpaired) electrons. The first-order valence-corrected chi connectivity index (χ1v) is 5.02. The molecule has 1 aliphatic carbocycles. The maximum atomic E-state index is 11.0. The Balaban J connectivity index is 3.08. The van der Waals surface area contributed by atoms with E-state index in [1.807, 2.05) is 0 Å². The van der Waals surface area contributed by atoms with Crippen molar-refractivity contribution in [2.24, 2.45) is 5.73 Å². The van der Waals surface area contributed by atoms with Crippen LogP contribution in [0.15, 0.2) is 23.9 Å². The summed E-state index contributed by atoms with van der Waals surface area (Å²) < 4.78 is 35.6. The average Bonchev–Trinajstić information content (AvgIpc) is 2.04. The van der Waals surface area contributed by atoms with Gasteiger partial charge in [-0.1, -0.05) is 6.08 Å². The third kappa shape index (κ3) is 1.74. The fraction of sp³-hybridized carbons (Fsp3) is 0.429. The Kier molecular flexibility index (Phi) is 2.47. The van der Waals surface area contributed by atoms with Crippen molar-refractivity contribution in [3.05, 3.63) is 23.9 Å². The number of nitrogens with two attached hydrogens (primary N) is 1. The first kappa shape index (κ1) is 10.2. The Morgan fingerprint density at radius 1 is 1.69 bits per heavy atom. The zero-order valence-electron chi connectivity index (χ0n) is 7.10. The Morgan fingerprint density at radius 2 is 2.31 bits per heavy atom. The van der Waals surface area contributed by atoms with Gasteiger partial charge in [0.25, 0.3) is 10.1 Å². The lowest BCUT2D eigenvalue weighted by Crippen LogP contribution is -2.39. The van der Waals surface area contributed by atoms with Gasteiger partial charge in [0.05, 0.1) is 0 Å². The summed E-state index contributed by atoms with van der Waals surface area (Å²) >= 11 is 0. The van der Waals surface area contributed by atoms with E-state index in [1.54, 1.807) is 0 Å². The van der Waals surface area contributed by atoms with Gasteiger partial charge in [0.1, 0.15) is 0 Å². The molecule has 5 nitrogen and oxygen atoms in total. The van der Waals surface area contributed by atoms with Gasteiger partial charge in [0, 0.05) is 19.2 Å². The maximum Gasteiger partial charge on any atom is 0.299 e. The summed E-state index contributed by atoms with van der Waals surface area (Å²) in [6, 6.07) is 0. The van der Waals surface area contributed by atoms with E-state index in [4.69, 9.17) is 15.0 Å². The Labute approximate surface area is 76.6 Å². The fourth-order valence-corrected chi connectivity index (χ4v) is 1.81. The van der Waals surface area contributed by atoms with Crippen molar-refractivity contribution < 1.29 is 17.7 Å². The van der Waals surface area contributed by atoms with Crippen LogP contribution in [0.5, 0.6) is 0 Å². The van der Waals surface area contributed by atoms with Crippen molar-refractivity contribution in [1.82, 2.24) is 0 Å². The lowest BCUT2D eigenvalue weighted by molar-refractivity contribution is 0.0940. The van der Waals surface area contributed by atoms with Crippen molar-refractivity contribution in [2.45, 2.75) is 11.4 Å². The number of hydrogen-bond acceptors (Lipinski definition) is 4. The molecule has 0 aromatic rings. The fourth-order valence-electron chi connectivity index (χ4n) is 1.07. The van der Waals surface area contributed by atoms with Gasteiger partial charge in [-0.15, -0.1) is 0 Å². The minimum atomic E-state index is -4.27. The van der Waals surface area contributed by atoms with Crippen molar-refractivity contribution >= 4 is 10.1 Å². The summed E-state index contributed by atoms with van der Waals surface area (Å²) in [6.45, 7) is 0. The third-order valence-corrected chi connectivity index (χ3v) is 3.28. The summed E-state index contributed by atoms with van der Waals surface area (Å²) in [5.74, 6) is 0. The van der Waals surface area contributed by atoms with Crippen LogP contribution in [0, 0.1) is 0 Å². The monoisotopic (exact) mass is 205 g/mol. The van der Waals surface area contributed by atoms with Gasteiger partial charge in [0.2, 0.25) is 4.93 Å². The van der Waals surface area contributed by atoms with Crippen molar-refractivity contribution in [3.63, 3.8) is 0 Å². The van der Waals surface area contributed by atoms with Crippen LogP contribution in [-0.4, -0.2) is 25.0 Å². The third-order valence-electron chi connectivity index (χ3n) is 1.93. The second-order valence-corrected chi connectivity index (χ2v) is 4.37. The van der Waals surface area contributed by atoms with Crippen LogP contribution in [0.3, 0.4) is 0 Å². The smallest absolute Gasteiger partial charge is 0.299 e. The van der Waals surface area contributed by atoms with Gasteiger partial charge < -0.3 is 10.5 Å². The summed E-state index contributed by atoms with van der Waals surface area (Å²) in [5, 5.41) is 0. The molecule has 0 fully saturated rings. The van der Waals surface area contributed by atoms with Gasteiger partial charge in [-0.2, -0.15) is 8.42 Å². The van der Waals surface area contributed by atoms with E-state index in [1.165, 1.54) is 25.3 Å². The predicted octanol–water partition coefficient (Wildman–Crippen LogP) is 0.0194. The molecule has 13 heavy (non-hydrogen) atoms. The van der Waals surface area contributed by atoms with Crippen LogP contribution >= 0.6 is 0 Å². The van der Waals surface area contributed by atoms with Crippen molar-refractivity contribution in [1.29, 1.82) is 0 Å². The zero-order valence-corrected chi connectivity index (χ0v) is 7.91. The molecule has 0 aromatic heterocycles. The lowest BCUT2D eigenvalue weighted by atomic mass is 10.1. The molecular weight excluding hydrogens is 194 g/mol. The summed E-state index contributed by atoms with van der Waals surface area (Å²) in [7, 11) is -3.05. The molecule has 0 spiro atoms. The van der Waals surface area contributed by atoms with Crippen molar-refractivity contribution in [3.8, 4) is 0 Å². The molecule has 0 bridgehead atoms. The first-order chi connectivity index (χ1) is 5.91. The van der Waals surface area contributed by atoms with Crippen molar-refractivity contribution in [2.75, 3.05) is 7.11 Å². The maximum absolute atomic E-state index is 11.0. The van der Waals surface area contributed by atoms with E-state index in [0.717, 1.165) is 0 Å². The molecule has 0 aliphatic heterocycles. The van der Waals surface area contributed by atoms with Crippen LogP contribution in [0.1, 0.15) is 6.42 Å². The van der Waals surface area contributed by atoms with Crippen LogP contribution in [0.2, 0.25) is 0 Å². The zero-order chi connectivity index (χ0) is 10.1. The molecule has 6 heteroatoms. The largest absolute Gasteiger partial charge is 0.399 e. The average molecular weight is 205 g/mol. The highest BCUT2D eigenvalue weighted by molar-refractivity contribution is 7.87. The minimum absolute atomic E-state index is 0.0185. The molecule has 1 atom stereocenters. The molecule has 74 valence electrons. The van der Waals surface area contributed by atoms with Gasteiger partial charge >= 0.3 is 0 Å². The summed E-state index contributed by atoms with van der Waals surface area (Å²) in [4.78, 5) is -1.67. The Morgan fingerprint density at radius 3 is 2.62 bits per heavy atom.